The third-order valence-corrected chi connectivity index (χ3v) is 4.74. The second kappa shape index (κ2) is 12.9. The molecule has 1 heterocycles. The smallest absolute Gasteiger partial charge is 0.257 e. The molecule has 0 fully saturated rings. The van der Waals surface area contributed by atoms with Crippen LogP contribution in [0.2, 0.25) is 0 Å². The van der Waals surface area contributed by atoms with Crippen molar-refractivity contribution in [3.63, 3.8) is 0 Å². The molecule has 172 valence electrons. The molecule has 0 atom stereocenters. The highest BCUT2D eigenvalue weighted by atomic mass is 127. The van der Waals surface area contributed by atoms with E-state index in [9.17, 15) is 9.18 Å². The number of rotatable bonds is 9. The first-order valence-corrected chi connectivity index (χ1v) is 10.3. The van der Waals surface area contributed by atoms with Gasteiger partial charge >= 0.3 is 0 Å². The lowest BCUT2D eigenvalue weighted by atomic mass is 10.1. The third-order valence-electron chi connectivity index (χ3n) is 4.74. The van der Waals surface area contributed by atoms with E-state index in [-0.39, 0.29) is 42.3 Å². The van der Waals surface area contributed by atoms with Crippen molar-refractivity contribution in [2.75, 3.05) is 26.7 Å². The molecule has 2 aromatic carbocycles. The average molecular weight is 553 g/mol. The molecule has 0 unspecified atom stereocenters. The number of ether oxygens (including phenoxy) is 1. The minimum Gasteiger partial charge on any atom is -0.484 e. The Morgan fingerprint density at radius 1 is 1.16 bits per heavy atom. The molecule has 0 spiro atoms. The molecule has 4 N–H and O–H groups in total. The summed E-state index contributed by atoms with van der Waals surface area (Å²) in [5.74, 6) is 0.921. The van der Waals surface area contributed by atoms with Crippen LogP contribution in [0.25, 0.3) is 10.9 Å². The fraction of sp³-hybridized carbons (Fsp3) is 0.304. The van der Waals surface area contributed by atoms with Crippen molar-refractivity contribution < 1.29 is 13.9 Å². The zero-order chi connectivity index (χ0) is 22.1. The van der Waals surface area contributed by atoms with Crippen molar-refractivity contribution in [3.05, 3.63) is 65.6 Å². The molecular weight excluding hydrogens is 524 g/mol. The van der Waals surface area contributed by atoms with Crippen LogP contribution in [0.1, 0.15) is 18.1 Å². The summed E-state index contributed by atoms with van der Waals surface area (Å²) in [6, 6.07) is 12.3. The highest BCUT2D eigenvalue weighted by molar-refractivity contribution is 14.0. The zero-order valence-electron chi connectivity index (χ0n) is 18.2. The minimum atomic E-state index is -0.240. The predicted octanol–water partition coefficient (Wildman–Crippen LogP) is 3.35. The van der Waals surface area contributed by atoms with Crippen molar-refractivity contribution in [2.24, 2.45) is 4.99 Å². The van der Waals surface area contributed by atoms with E-state index >= 15 is 0 Å². The number of fused-ring (bicyclic) bond motifs is 1. The zero-order valence-corrected chi connectivity index (χ0v) is 20.5. The van der Waals surface area contributed by atoms with Gasteiger partial charge in [0.05, 0.1) is 0 Å². The van der Waals surface area contributed by atoms with E-state index in [0.29, 0.717) is 31.3 Å². The first-order chi connectivity index (χ1) is 15.1. The number of carbonyl (C=O) groups is 1. The van der Waals surface area contributed by atoms with E-state index in [1.54, 1.807) is 19.2 Å². The Labute approximate surface area is 204 Å². The van der Waals surface area contributed by atoms with Crippen molar-refractivity contribution in [3.8, 4) is 5.75 Å². The quantitative estimate of drug-likeness (QED) is 0.186. The summed E-state index contributed by atoms with van der Waals surface area (Å²) in [4.78, 5) is 18.9. The standard InChI is InChI=1S/C23H28FN5O2.HI/c1-3-26-22(30)15-31-19-6-4-5-16(11-19)13-29-23(25-2)27-10-9-17-14-28-21-8-7-18(24)12-20(17)21;/h4-8,11-12,14,28H,3,9-10,13,15H2,1-2H3,(H,26,30)(H2,25,27,29);1H. The molecule has 0 aliphatic rings. The fourth-order valence-corrected chi connectivity index (χ4v) is 3.22. The monoisotopic (exact) mass is 553 g/mol. The molecule has 1 aromatic heterocycles. The van der Waals surface area contributed by atoms with Gasteiger partial charge < -0.3 is 25.7 Å². The third kappa shape index (κ3) is 7.40. The van der Waals surface area contributed by atoms with Crippen molar-refractivity contribution in [1.82, 2.24) is 20.9 Å². The number of H-pyrrole nitrogens is 1. The Kier molecular flexibility index (Phi) is 10.3. The summed E-state index contributed by atoms with van der Waals surface area (Å²) in [5.41, 5.74) is 2.98. The van der Waals surface area contributed by atoms with Gasteiger partial charge in [-0.25, -0.2) is 4.39 Å². The molecule has 0 bridgehead atoms. The van der Waals surface area contributed by atoms with E-state index in [0.717, 1.165) is 28.5 Å². The van der Waals surface area contributed by atoms with E-state index < -0.39 is 0 Å². The number of carbonyl (C=O) groups excluding carboxylic acids is 1. The molecular formula is C23H29FIN5O2. The van der Waals surface area contributed by atoms with Crippen LogP contribution < -0.4 is 20.7 Å². The van der Waals surface area contributed by atoms with E-state index in [4.69, 9.17) is 4.74 Å². The maximum atomic E-state index is 13.5. The van der Waals surface area contributed by atoms with Gasteiger partial charge in [-0.05, 0) is 54.8 Å². The van der Waals surface area contributed by atoms with Crippen LogP contribution in [0.4, 0.5) is 4.39 Å². The number of likely N-dealkylation sites (N-methyl/N-ethyl adjacent to an activating group) is 1. The summed E-state index contributed by atoms with van der Waals surface area (Å²) >= 11 is 0. The summed E-state index contributed by atoms with van der Waals surface area (Å²) in [5, 5.41) is 10.1. The van der Waals surface area contributed by atoms with Crippen LogP contribution in [0.3, 0.4) is 0 Å². The minimum absolute atomic E-state index is 0. The topological polar surface area (TPSA) is 90.5 Å². The van der Waals surface area contributed by atoms with Crippen molar-refractivity contribution in [1.29, 1.82) is 0 Å². The number of hydrogen-bond acceptors (Lipinski definition) is 3. The molecule has 3 aromatic rings. The molecule has 3 rings (SSSR count). The van der Waals surface area contributed by atoms with E-state index in [2.05, 4.69) is 25.9 Å². The lowest BCUT2D eigenvalue weighted by molar-refractivity contribution is -0.122. The molecule has 0 aliphatic carbocycles. The first-order valence-electron chi connectivity index (χ1n) is 10.3. The molecule has 0 aliphatic heterocycles. The summed E-state index contributed by atoms with van der Waals surface area (Å²) in [6.07, 6.45) is 2.64. The maximum Gasteiger partial charge on any atom is 0.257 e. The molecule has 0 radical (unpaired) electrons. The molecule has 32 heavy (non-hydrogen) atoms. The van der Waals surface area contributed by atoms with Gasteiger partial charge in [-0.1, -0.05) is 12.1 Å². The number of guanidine groups is 1. The second-order valence-corrected chi connectivity index (χ2v) is 7.00. The number of halogens is 2. The number of aromatic amines is 1. The number of nitrogens with zero attached hydrogens (tertiary/aromatic N) is 1. The Morgan fingerprint density at radius 3 is 2.78 bits per heavy atom. The van der Waals surface area contributed by atoms with E-state index in [1.807, 2.05) is 37.4 Å². The summed E-state index contributed by atoms with van der Waals surface area (Å²) in [6.45, 7) is 3.64. The number of nitrogens with one attached hydrogen (secondary N) is 4. The van der Waals surface area contributed by atoms with Gasteiger partial charge in [0.2, 0.25) is 0 Å². The van der Waals surface area contributed by atoms with Gasteiger partial charge in [-0.2, -0.15) is 0 Å². The molecule has 7 nitrogen and oxygen atoms in total. The predicted molar refractivity (Wildman–Crippen MR) is 136 cm³/mol. The van der Waals surface area contributed by atoms with Crippen molar-refractivity contribution >= 4 is 46.7 Å². The largest absolute Gasteiger partial charge is 0.484 e. The van der Waals surface area contributed by atoms with Gasteiger partial charge in [-0.15, -0.1) is 24.0 Å². The normalized spacial score (nSPS) is 11.0. The van der Waals surface area contributed by atoms with Crippen LogP contribution in [0.5, 0.6) is 5.75 Å². The lowest BCUT2D eigenvalue weighted by Gasteiger charge is -2.13. The second-order valence-electron chi connectivity index (χ2n) is 7.00. The number of hydrogen-bond donors (Lipinski definition) is 4. The van der Waals surface area contributed by atoms with Gasteiger partial charge in [0.15, 0.2) is 12.6 Å². The molecule has 1 amide bonds. The molecule has 0 saturated carbocycles. The molecule has 0 saturated heterocycles. The molecule has 9 heteroatoms. The Hall–Kier alpha value is -2.82. The Balaban J connectivity index is 0.00000363. The number of amides is 1. The first kappa shape index (κ1) is 25.4. The van der Waals surface area contributed by atoms with Gasteiger partial charge in [0.25, 0.3) is 5.91 Å². The number of aromatic nitrogens is 1. The number of aliphatic imine (C=N–C) groups is 1. The lowest BCUT2D eigenvalue weighted by Crippen LogP contribution is -2.37. The average Bonchev–Trinajstić information content (AvgIpc) is 3.17. The number of benzene rings is 2. The van der Waals surface area contributed by atoms with Crippen LogP contribution in [0.15, 0.2) is 53.7 Å². The van der Waals surface area contributed by atoms with Crippen LogP contribution in [-0.4, -0.2) is 43.6 Å². The van der Waals surface area contributed by atoms with Crippen LogP contribution in [0, 0.1) is 5.82 Å². The SMILES string of the molecule is CCNC(=O)COc1cccc(CNC(=NC)NCCc2c[nH]c3ccc(F)cc23)c1.I. The van der Waals surface area contributed by atoms with E-state index in [1.165, 1.54) is 6.07 Å². The highest BCUT2D eigenvalue weighted by Crippen LogP contribution is 2.19. The van der Waals surface area contributed by atoms with Gasteiger partial charge in [0, 0.05) is 43.8 Å². The Morgan fingerprint density at radius 2 is 2.00 bits per heavy atom. The fourth-order valence-electron chi connectivity index (χ4n) is 3.22. The van der Waals surface area contributed by atoms with Crippen LogP contribution in [-0.2, 0) is 17.8 Å². The van der Waals surface area contributed by atoms with Crippen LogP contribution >= 0.6 is 24.0 Å². The summed E-state index contributed by atoms with van der Waals surface area (Å²) < 4.78 is 19.1. The summed E-state index contributed by atoms with van der Waals surface area (Å²) in [7, 11) is 1.71. The highest BCUT2D eigenvalue weighted by Gasteiger charge is 2.06. The van der Waals surface area contributed by atoms with Gasteiger partial charge in [-0.3, -0.25) is 9.79 Å². The maximum absolute atomic E-state index is 13.5. The van der Waals surface area contributed by atoms with Crippen molar-refractivity contribution in [2.45, 2.75) is 19.9 Å². The van der Waals surface area contributed by atoms with Gasteiger partial charge in [0.1, 0.15) is 11.6 Å². The Bertz CT molecular complexity index is 1050.